The van der Waals surface area contributed by atoms with E-state index < -0.39 is 0 Å². The summed E-state index contributed by atoms with van der Waals surface area (Å²) in [7, 11) is 0. The Bertz CT molecular complexity index is 703. The normalized spacial score (nSPS) is 21.2. The summed E-state index contributed by atoms with van der Waals surface area (Å²) in [4.78, 5) is 14.7. The molecule has 0 spiro atoms. The molecule has 1 aliphatic carbocycles. The highest BCUT2D eigenvalue weighted by atomic mass is 35.5. The lowest BCUT2D eigenvalue weighted by molar-refractivity contribution is -0.138. The topological polar surface area (TPSA) is 63.6 Å². The molecule has 2 fully saturated rings. The highest BCUT2D eigenvalue weighted by Gasteiger charge is 2.31. The Kier molecular flexibility index (Phi) is 8.15. The van der Waals surface area contributed by atoms with Crippen LogP contribution in [-0.4, -0.2) is 73.8 Å². The van der Waals surface area contributed by atoms with Crippen molar-refractivity contribution in [2.75, 3.05) is 46.1 Å². The molecule has 0 N–H and O–H groups in total. The number of ether oxygens (including phenoxy) is 3. The Balaban J connectivity index is 0.00000240. The van der Waals surface area contributed by atoms with E-state index >= 15 is 0 Å². The summed E-state index contributed by atoms with van der Waals surface area (Å²) in [5.41, 5.74) is 0.804. The summed E-state index contributed by atoms with van der Waals surface area (Å²) in [6, 6.07) is 7.95. The van der Waals surface area contributed by atoms with Crippen LogP contribution in [0.25, 0.3) is 0 Å². The van der Waals surface area contributed by atoms with Crippen molar-refractivity contribution in [3.05, 3.63) is 29.8 Å². The number of nitrogens with zero attached hydrogens (tertiary/aromatic N) is 3. The van der Waals surface area contributed by atoms with Gasteiger partial charge in [-0.15, -0.1) is 17.5 Å². The first kappa shape index (κ1) is 21.9. The molecular formula is C21H30ClN3O4. The molecular weight excluding hydrogens is 394 g/mol. The van der Waals surface area contributed by atoms with Crippen LogP contribution in [0.4, 0.5) is 0 Å². The van der Waals surface area contributed by atoms with Gasteiger partial charge in [-0.05, 0) is 25.0 Å². The lowest BCUT2D eigenvalue weighted by Crippen LogP contribution is -2.44. The van der Waals surface area contributed by atoms with Crippen LogP contribution in [-0.2, 0) is 14.3 Å². The molecule has 160 valence electrons. The number of hydrogen-bond acceptors (Lipinski definition) is 6. The van der Waals surface area contributed by atoms with Gasteiger partial charge in [0.1, 0.15) is 12.4 Å². The SMILES string of the molecule is Cl.O=C1COC(c2ccccc2OCCN2CCOCC2)=NN1C1CCCCC1. The molecule has 1 saturated carbocycles. The Hall–Kier alpha value is -1.83. The maximum atomic E-state index is 12.3. The van der Waals surface area contributed by atoms with Crippen LogP contribution in [0.1, 0.15) is 37.7 Å². The highest BCUT2D eigenvalue weighted by molar-refractivity contribution is 6.00. The van der Waals surface area contributed by atoms with E-state index in [-0.39, 0.29) is 31.0 Å². The number of rotatable bonds is 6. The number of hydrazone groups is 1. The van der Waals surface area contributed by atoms with Crippen molar-refractivity contribution in [1.29, 1.82) is 0 Å². The summed E-state index contributed by atoms with van der Waals surface area (Å²) >= 11 is 0. The fourth-order valence-electron chi connectivity index (χ4n) is 4.00. The molecule has 29 heavy (non-hydrogen) atoms. The lowest BCUT2D eigenvalue weighted by atomic mass is 9.95. The van der Waals surface area contributed by atoms with Gasteiger partial charge in [0.25, 0.3) is 5.91 Å². The van der Waals surface area contributed by atoms with Crippen LogP contribution in [0.5, 0.6) is 5.75 Å². The van der Waals surface area contributed by atoms with Gasteiger partial charge in [-0.25, -0.2) is 5.01 Å². The Labute approximate surface area is 178 Å². The zero-order valence-corrected chi connectivity index (χ0v) is 17.6. The van der Waals surface area contributed by atoms with Crippen LogP contribution in [0, 0.1) is 0 Å². The summed E-state index contributed by atoms with van der Waals surface area (Å²) in [6.07, 6.45) is 5.58. The molecule has 3 aliphatic rings. The van der Waals surface area contributed by atoms with Crippen molar-refractivity contribution in [3.8, 4) is 5.75 Å². The average molecular weight is 424 g/mol. The van der Waals surface area contributed by atoms with E-state index in [9.17, 15) is 4.79 Å². The second-order valence-electron chi connectivity index (χ2n) is 7.52. The largest absolute Gasteiger partial charge is 0.491 e. The quantitative estimate of drug-likeness (QED) is 0.703. The minimum atomic E-state index is -0.0543. The molecule has 1 saturated heterocycles. The molecule has 7 nitrogen and oxygen atoms in total. The molecule has 1 amide bonds. The molecule has 4 rings (SSSR count). The molecule has 0 atom stereocenters. The minimum absolute atomic E-state index is 0. The third-order valence-corrected chi connectivity index (χ3v) is 5.59. The summed E-state index contributed by atoms with van der Waals surface area (Å²) in [5.74, 6) is 1.17. The van der Waals surface area contributed by atoms with Gasteiger partial charge in [-0.2, -0.15) is 0 Å². The number of hydrogen-bond donors (Lipinski definition) is 0. The van der Waals surface area contributed by atoms with E-state index in [1.165, 1.54) is 6.42 Å². The number of para-hydroxylation sites is 1. The Morgan fingerprint density at radius 1 is 1.10 bits per heavy atom. The molecule has 8 heteroatoms. The van der Waals surface area contributed by atoms with Gasteiger partial charge in [-0.1, -0.05) is 31.4 Å². The van der Waals surface area contributed by atoms with Gasteiger partial charge in [-0.3, -0.25) is 9.69 Å². The minimum Gasteiger partial charge on any atom is -0.491 e. The fraction of sp³-hybridized carbons (Fsp3) is 0.619. The molecule has 0 aromatic heterocycles. The average Bonchev–Trinajstić information content (AvgIpc) is 2.76. The predicted molar refractivity (Wildman–Crippen MR) is 113 cm³/mol. The zero-order chi connectivity index (χ0) is 19.2. The number of morpholine rings is 1. The van der Waals surface area contributed by atoms with E-state index in [2.05, 4.69) is 10.0 Å². The van der Waals surface area contributed by atoms with Crippen molar-refractivity contribution in [2.45, 2.75) is 38.1 Å². The summed E-state index contributed by atoms with van der Waals surface area (Å²) in [6.45, 7) is 4.95. The van der Waals surface area contributed by atoms with Gasteiger partial charge in [0.05, 0.1) is 24.8 Å². The van der Waals surface area contributed by atoms with Crippen molar-refractivity contribution in [3.63, 3.8) is 0 Å². The number of benzene rings is 1. The number of amides is 1. The van der Waals surface area contributed by atoms with Gasteiger partial charge in [0, 0.05) is 19.6 Å². The van der Waals surface area contributed by atoms with Gasteiger partial charge in [0.2, 0.25) is 5.90 Å². The summed E-state index contributed by atoms with van der Waals surface area (Å²) < 4.78 is 17.1. The molecule has 0 radical (unpaired) electrons. The second-order valence-corrected chi connectivity index (χ2v) is 7.52. The van der Waals surface area contributed by atoms with Crippen molar-refractivity contribution in [1.82, 2.24) is 9.91 Å². The smallest absolute Gasteiger partial charge is 0.280 e. The third kappa shape index (κ3) is 5.62. The van der Waals surface area contributed by atoms with E-state index in [0.29, 0.717) is 12.5 Å². The van der Waals surface area contributed by atoms with Crippen molar-refractivity contribution >= 4 is 24.2 Å². The molecule has 0 bridgehead atoms. The maximum absolute atomic E-state index is 12.3. The van der Waals surface area contributed by atoms with Crippen LogP contribution >= 0.6 is 12.4 Å². The van der Waals surface area contributed by atoms with E-state index in [1.54, 1.807) is 5.01 Å². The lowest BCUT2D eigenvalue weighted by Gasteiger charge is -2.33. The van der Waals surface area contributed by atoms with Crippen LogP contribution < -0.4 is 4.74 Å². The first-order chi connectivity index (χ1) is 13.8. The molecule has 1 aromatic carbocycles. The number of halogens is 1. The predicted octanol–water partition coefficient (Wildman–Crippen LogP) is 2.67. The van der Waals surface area contributed by atoms with Gasteiger partial charge >= 0.3 is 0 Å². The molecule has 0 unspecified atom stereocenters. The Morgan fingerprint density at radius 2 is 1.86 bits per heavy atom. The number of carbonyl (C=O) groups is 1. The first-order valence-corrected chi connectivity index (χ1v) is 10.4. The van der Waals surface area contributed by atoms with Crippen molar-refractivity contribution < 1.29 is 19.0 Å². The third-order valence-electron chi connectivity index (χ3n) is 5.59. The monoisotopic (exact) mass is 423 g/mol. The van der Waals surface area contributed by atoms with Crippen molar-refractivity contribution in [2.24, 2.45) is 5.10 Å². The van der Waals surface area contributed by atoms with E-state index in [1.807, 2.05) is 24.3 Å². The maximum Gasteiger partial charge on any atom is 0.280 e. The van der Waals surface area contributed by atoms with Crippen LogP contribution in [0.3, 0.4) is 0 Å². The summed E-state index contributed by atoms with van der Waals surface area (Å²) in [5, 5.41) is 6.24. The first-order valence-electron chi connectivity index (χ1n) is 10.4. The molecule has 2 heterocycles. The standard InChI is InChI=1S/C21H29N3O4.ClH/c25-20-16-28-21(22-24(20)17-6-2-1-3-7-17)18-8-4-5-9-19(18)27-15-12-23-10-13-26-14-11-23;/h4-5,8-9,17H,1-3,6-7,10-16H2;1H. The fourth-order valence-corrected chi connectivity index (χ4v) is 4.00. The van der Waals surface area contributed by atoms with Crippen LogP contribution in [0.2, 0.25) is 0 Å². The number of carbonyl (C=O) groups excluding carboxylic acids is 1. The Morgan fingerprint density at radius 3 is 2.66 bits per heavy atom. The molecule has 1 aromatic rings. The highest BCUT2D eigenvalue weighted by Crippen LogP contribution is 2.27. The van der Waals surface area contributed by atoms with Gasteiger partial charge in [0.15, 0.2) is 6.61 Å². The van der Waals surface area contributed by atoms with Crippen LogP contribution in [0.15, 0.2) is 29.4 Å². The zero-order valence-electron chi connectivity index (χ0n) is 16.8. The molecule has 2 aliphatic heterocycles. The van der Waals surface area contributed by atoms with Gasteiger partial charge < -0.3 is 14.2 Å². The van der Waals surface area contributed by atoms with E-state index in [4.69, 9.17) is 14.2 Å². The second kappa shape index (κ2) is 10.8. The van der Waals surface area contributed by atoms with E-state index in [0.717, 1.165) is 69.8 Å².